The van der Waals surface area contributed by atoms with Crippen molar-refractivity contribution in [3.8, 4) is 11.5 Å². The third-order valence-corrected chi connectivity index (χ3v) is 4.90. The molecule has 1 aliphatic carbocycles. The normalized spacial score (nSPS) is 13.6. The maximum absolute atomic E-state index is 9.72. The van der Waals surface area contributed by atoms with Gasteiger partial charge in [0, 0.05) is 12.1 Å². The van der Waals surface area contributed by atoms with Gasteiger partial charge in [0.05, 0.1) is 6.61 Å². The average molecular weight is 388 g/mol. The van der Waals surface area contributed by atoms with Gasteiger partial charge in [-0.25, -0.2) is 0 Å². The molecule has 3 nitrogen and oxygen atoms in total. The highest BCUT2D eigenvalue weighted by molar-refractivity contribution is 5.85. The van der Waals surface area contributed by atoms with Crippen LogP contribution < -0.4 is 4.74 Å². The molecule has 1 N–H and O–H groups in total. The van der Waals surface area contributed by atoms with Crippen LogP contribution >= 0.6 is 0 Å². The lowest BCUT2D eigenvalue weighted by Crippen LogP contribution is -2.15. The molecular formula is C26H29NO2. The number of allylic oxidation sites excluding steroid dienone is 4. The molecule has 3 heteroatoms. The van der Waals surface area contributed by atoms with Crippen molar-refractivity contribution in [3.63, 3.8) is 0 Å². The fourth-order valence-electron chi connectivity index (χ4n) is 3.45. The second kappa shape index (κ2) is 9.97. The van der Waals surface area contributed by atoms with Gasteiger partial charge in [0.1, 0.15) is 11.5 Å². The Kier molecular flexibility index (Phi) is 7.13. The summed E-state index contributed by atoms with van der Waals surface area (Å²) in [6.45, 7) is 3.89. The molecular weight excluding hydrogens is 358 g/mol. The first-order chi connectivity index (χ1) is 14.1. The van der Waals surface area contributed by atoms with Crippen LogP contribution in [0.1, 0.15) is 30.9 Å². The number of nitrogens with zero attached hydrogens (tertiary/aromatic N) is 1. The lowest BCUT2D eigenvalue weighted by molar-refractivity contribution is 0.281. The van der Waals surface area contributed by atoms with Crippen LogP contribution in [0.25, 0.3) is 5.57 Å². The molecule has 2 aromatic rings. The minimum Gasteiger partial charge on any atom is -0.508 e. The molecule has 0 saturated carbocycles. The lowest BCUT2D eigenvalue weighted by atomic mass is 9.88. The van der Waals surface area contributed by atoms with E-state index in [9.17, 15) is 5.11 Å². The minimum atomic E-state index is 0.271. The van der Waals surface area contributed by atoms with Gasteiger partial charge >= 0.3 is 0 Å². The maximum Gasteiger partial charge on any atom is 0.119 e. The van der Waals surface area contributed by atoms with Gasteiger partial charge in [-0.1, -0.05) is 37.3 Å². The first kappa shape index (κ1) is 20.7. The van der Waals surface area contributed by atoms with E-state index in [0.29, 0.717) is 6.61 Å². The van der Waals surface area contributed by atoms with E-state index in [1.165, 1.54) is 5.57 Å². The Bertz CT molecular complexity index is 941. The summed E-state index contributed by atoms with van der Waals surface area (Å²) in [6, 6.07) is 15.7. The molecule has 0 unspecified atom stereocenters. The van der Waals surface area contributed by atoms with Crippen LogP contribution in [0.5, 0.6) is 11.5 Å². The molecule has 0 bridgehead atoms. The van der Waals surface area contributed by atoms with Gasteiger partial charge in [0.2, 0.25) is 0 Å². The topological polar surface area (TPSA) is 32.7 Å². The quantitative estimate of drug-likeness (QED) is 0.450. The first-order valence-electron chi connectivity index (χ1n) is 10.1. The molecule has 0 amide bonds. The van der Waals surface area contributed by atoms with E-state index in [1.54, 1.807) is 12.1 Å². The molecule has 1 aliphatic rings. The summed E-state index contributed by atoms with van der Waals surface area (Å²) in [5, 5.41) is 9.72. The third kappa shape index (κ3) is 5.51. The Morgan fingerprint density at radius 3 is 2.21 bits per heavy atom. The second-order valence-corrected chi connectivity index (χ2v) is 7.37. The third-order valence-electron chi connectivity index (χ3n) is 4.90. The predicted molar refractivity (Wildman–Crippen MR) is 120 cm³/mol. The fraction of sp³-hybridized carbons (Fsp3) is 0.269. The van der Waals surface area contributed by atoms with E-state index >= 15 is 0 Å². The van der Waals surface area contributed by atoms with Gasteiger partial charge in [-0.2, -0.15) is 0 Å². The number of phenolic OH excluding ortho intramolecular Hbond substituents is 1. The summed E-state index contributed by atoms with van der Waals surface area (Å²) in [5.74, 6) is 1.16. The first-order valence-corrected chi connectivity index (χ1v) is 10.1. The number of aromatic hydroxyl groups is 1. The Balaban J connectivity index is 1.92. The van der Waals surface area contributed by atoms with Gasteiger partial charge < -0.3 is 14.7 Å². The van der Waals surface area contributed by atoms with Crippen molar-refractivity contribution >= 4 is 5.57 Å². The number of hydrogen-bond acceptors (Lipinski definition) is 3. The monoisotopic (exact) mass is 387 g/mol. The van der Waals surface area contributed by atoms with Crippen molar-refractivity contribution in [2.45, 2.75) is 19.8 Å². The Hall–Kier alpha value is -3.00. The SMILES string of the molecule is CC/C(C1=C=CC=C1)=C(\c1ccc(O)cc1)c1ccc(OCCCN(C)C)cc1. The number of phenols is 1. The van der Waals surface area contributed by atoms with E-state index in [1.807, 2.05) is 36.4 Å². The molecule has 0 fully saturated rings. The zero-order valence-corrected chi connectivity index (χ0v) is 17.5. The van der Waals surface area contributed by atoms with Crippen molar-refractivity contribution in [1.82, 2.24) is 4.90 Å². The summed E-state index contributed by atoms with van der Waals surface area (Å²) in [7, 11) is 4.14. The van der Waals surface area contributed by atoms with Crippen LogP contribution in [0.2, 0.25) is 0 Å². The summed E-state index contributed by atoms with van der Waals surface area (Å²) in [5.41, 5.74) is 9.05. The number of ether oxygens (including phenoxy) is 1. The van der Waals surface area contributed by atoms with Crippen LogP contribution in [-0.4, -0.2) is 37.3 Å². The van der Waals surface area contributed by atoms with Crippen LogP contribution in [0.4, 0.5) is 0 Å². The zero-order valence-electron chi connectivity index (χ0n) is 17.5. The number of hydrogen-bond donors (Lipinski definition) is 1. The molecule has 0 aromatic heterocycles. The summed E-state index contributed by atoms with van der Waals surface area (Å²) in [6.07, 6.45) is 7.95. The molecule has 0 aliphatic heterocycles. The van der Waals surface area contributed by atoms with Crippen LogP contribution in [0, 0.1) is 0 Å². The van der Waals surface area contributed by atoms with E-state index in [-0.39, 0.29) is 5.75 Å². The second-order valence-electron chi connectivity index (χ2n) is 7.37. The van der Waals surface area contributed by atoms with Crippen molar-refractivity contribution in [2.24, 2.45) is 0 Å². The van der Waals surface area contributed by atoms with Gasteiger partial charge in [-0.05, 0) is 85.6 Å². The molecule has 3 rings (SSSR count). The van der Waals surface area contributed by atoms with E-state index in [0.717, 1.165) is 47.4 Å². The van der Waals surface area contributed by atoms with Crippen LogP contribution in [0.3, 0.4) is 0 Å². The fourth-order valence-corrected chi connectivity index (χ4v) is 3.45. The standard InChI is InChI=1S/C26H29NO2/c1-4-25(20-8-5-6-9-20)26(21-10-14-23(28)15-11-21)22-12-16-24(17-13-22)29-19-7-18-27(2)3/h5-6,8,10-17,28H,4,7,18-19H2,1-3H3/b26-25-. The average Bonchev–Trinajstić information content (AvgIpc) is 3.25. The van der Waals surface area contributed by atoms with E-state index in [2.05, 4.69) is 49.9 Å². The van der Waals surface area contributed by atoms with Gasteiger partial charge in [-0.15, -0.1) is 5.73 Å². The number of rotatable bonds is 9. The van der Waals surface area contributed by atoms with Crippen molar-refractivity contribution < 1.29 is 9.84 Å². The predicted octanol–water partition coefficient (Wildman–Crippen LogP) is 5.59. The van der Waals surface area contributed by atoms with Gasteiger partial charge in [-0.3, -0.25) is 0 Å². The molecule has 0 heterocycles. The molecule has 0 atom stereocenters. The highest BCUT2D eigenvalue weighted by Gasteiger charge is 2.14. The van der Waals surface area contributed by atoms with Crippen LogP contribution in [0.15, 0.2) is 83.6 Å². The largest absolute Gasteiger partial charge is 0.508 e. The van der Waals surface area contributed by atoms with Gasteiger partial charge in [0.25, 0.3) is 0 Å². The highest BCUT2D eigenvalue weighted by atomic mass is 16.5. The zero-order chi connectivity index (χ0) is 20.6. The maximum atomic E-state index is 9.72. The van der Waals surface area contributed by atoms with Crippen molar-refractivity contribution in [2.75, 3.05) is 27.2 Å². The summed E-state index contributed by atoms with van der Waals surface area (Å²) < 4.78 is 5.89. The van der Waals surface area contributed by atoms with Gasteiger partial charge in [0.15, 0.2) is 0 Å². The Morgan fingerprint density at radius 1 is 1.00 bits per heavy atom. The highest BCUT2D eigenvalue weighted by Crippen LogP contribution is 2.34. The molecule has 2 aromatic carbocycles. The lowest BCUT2D eigenvalue weighted by Gasteiger charge is -2.16. The molecule has 0 saturated heterocycles. The van der Waals surface area contributed by atoms with Crippen molar-refractivity contribution in [1.29, 1.82) is 0 Å². The van der Waals surface area contributed by atoms with E-state index in [4.69, 9.17) is 4.74 Å². The van der Waals surface area contributed by atoms with E-state index < -0.39 is 0 Å². The van der Waals surface area contributed by atoms with Crippen molar-refractivity contribution in [3.05, 3.63) is 94.8 Å². The molecule has 0 spiro atoms. The minimum absolute atomic E-state index is 0.271. The molecule has 29 heavy (non-hydrogen) atoms. The molecule has 150 valence electrons. The smallest absolute Gasteiger partial charge is 0.119 e. The Labute approximate surface area is 174 Å². The Morgan fingerprint density at radius 2 is 1.66 bits per heavy atom. The summed E-state index contributed by atoms with van der Waals surface area (Å²) in [4.78, 5) is 2.16. The summed E-state index contributed by atoms with van der Waals surface area (Å²) >= 11 is 0. The number of benzene rings is 2. The molecule has 0 radical (unpaired) electrons. The van der Waals surface area contributed by atoms with Crippen LogP contribution in [-0.2, 0) is 0 Å².